The molecule has 0 spiro atoms. The third-order valence-corrected chi connectivity index (χ3v) is 2.63. The first-order chi connectivity index (χ1) is 7.92. The summed E-state index contributed by atoms with van der Waals surface area (Å²) < 4.78 is 37.7. The number of aryl methyl sites for hydroxylation is 1. The van der Waals surface area contributed by atoms with E-state index >= 15 is 0 Å². The van der Waals surface area contributed by atoms with Gasteiger partial charge in [0.05, 0.1) is 6.42 Å². The molecule has 0 aliphatic heterocycles. The molecule has 1 rings (SSSR count). The summed E-state index contributed by atoms with van der Waals surface area (Å²) in [7, 11) is 0. The Morgan fingerprint density at radius 1 is 1.41 bits per heavy atom. The van der Waals surface area contributed by atoms with Gasteiger partial charge in [0.15, 0.2) is 0 Å². The van der Waals surface area contributed by atoms with Crippen molar-refractivity contribution in [2.75, 3.05) is 6.54 Å². The zero-order valence-electron chi connectivity index (χ0n) is 10.2. The maximum Gasteiger partial charge on any atom is 0.390 e. The smallest absolute Gasteiger partial charge is 0.354 e. The molecule has 0 aliphatic carbocycles. The lowest BCUT2D eigenvalue weighted by molar-refractivity contribution is -0.136. The fraction of sp³-hybridized carbons (Fsp3) is 0.667. The van der Waals surface area contributed by atoms with Crippen molar-refractivity contribution >= 4 is 0 Å². The van der Waals surface area contributed by atoms with E-state index in [1.165, 1.54) is 0 Å². The standard InChI is InChI=1S/C12H19F3N2/c1-3-6-16-10(2)11-4-7-17(9-11)8-5-12(13,14)15/h4,7,9-10,16H,3,5-6,8H2,1-2H3. The number of alkyl halides is 3. The van der Waals surface area contributed by atoms with Crippen LogP contribution in [-0.2, 0) is 6.54 Å². The molecular formula is C12H19F3N2. The second kappa shape index (κ2) is 6.10. The van der Waals surface area contributed by atoms with Gasteiger partial charge in [0.25, 0.3) is 0 Å². The maximum absolute atomic E-state index is 12.0. The van der Waals surface area contributed by atoms with Crippen LogP contribution in [0.1, 0.15) is 38.3 Å². The summed E-state index contributed by atoms with van der Waals surface area (Å²) in [6, 6.07) is 2.05. The summed E-state index contributed by atoms with van der Waals surface area (Å²) in [6.45, 7) is 4.99. The lowest BCUT2D eigenvalue weighted by Gasteiger charge is -2.11. The molecule has 1 unspecified atom stereocenters. The van der Waals surface area contributed by atoms with E-state index in [2.05, 4.69) is 12.2 Å². The molecule has 0 fully saturated rings. The number of hydrogen-bond donors (Lipinski definition) is 1. The molecule has 0 bridgehead atoms. The van der Waals surface area contributed by atoms with E-state index in [1.54, 1.807) is 17.0 Å². The minimum Gasteiger partial charge on any atom is -0.354 e. The lowest BCUT2D eigenvalue weighted by atomic mass is 10.2. The number of hydrogen-bond acceptors (Lipinski definition) is 1. The fourth-order valence-corrected chi connectivity index (χ4v) is 1.59. The largest absolute Gasteiger partial charge is 0.390 e. The zero-order chi connectivity index (χ0) is 12.9. The molecule has 0 amide bonds. The quantitative estimate of drug-likeness (QED) is 0.815. The summed E-state index contributed by atoms with van der Waals surface area (Å²) in [5.74, 6) is 0. The van der Waals surface area contributed by atoms with Crippen molar-refractivity contribution in [2.24, 2.45) is 0 Å². The van der Waals surface area contributed by atoms with Crippen molar-refractivity contribution in [2.45, 2.75) is 45.5 Å². The van der Waals surface area contributed by atoms with Gasteiger partial charge in [-0.25, -0.2) is 0 Å². The Morgan fingerprint density at radius 2 is 2.12 bits per heavy atom. The Bertz CT molecular complexity index is 331. The van der Waals surface area contributed by atoms with E-state index in [0.29, 0.717) is 0 Å². The van der Waals surface area contributed by atoms with Crippen LogP contribution in [0, 0.1) is 0 Å². The predicted molar refractivity (Wildman–Crippen MR) is 61.8 cm³/mol. The van der Waals surface area contributed by atoms with Crippen molar-refractivity contribution < 1.29 is 13.2 Å². The predicted octanol–water partition coefficient (Wildman–Crippen LogP) is 3.50. The molecule has 1 N–H and O–H groups in total. The van der Waals surface area contributed by atoms with E-state index in [1.807, 2.05) is 13.0 Å². The normalized spacial score (nSPS) is 13.9. The molecule has 0 radical (unpaired) electrons. The summed E-state index contributed by atoms with van der Waals surface area (Å²) in [5.41, 5.74) is 1.03. The lowest BCUT2D eigenvalue weighted by Crippen LogP contribution is -2.18. The van der Waals surface area contributed by atoms with Crippen LogP contribution in [-0.4, -0.2) is 17.3 Å². The van der Waals surface area contributed by atoms with Gasteiger partial charge in [-0.1, -0.05) is 6.92 Å². The molecule has 0 aliphatic rings. The van der Waals surface area contributed by atoms with Gasteiger partial charge in [0, 0.05) is 25.0 Å². The molecule has 17 heavy (non-hydrogen) atoms. The second-order valence-corrected chi connectivity index (χ2v) is 4.22. The molecule has 0 aromatic carbocycles. The van der Waals surface area contributed by atoms with Crippen molar-refractivity contribution in [3.63, 3.8) is 0 Å². The summed E-state index contributed by atoms with van der Waals surface area (Å²) in [5, 5.41) is 3.30. The van der Waals surface area contributed by atoms with Crippen LogP contribution in [0.15, 0.2) is 18.5 Å². The molecular weight excluding hydrogens is 229 g/mol. The van der Waals surface area contributed by atoms with Gasteiger partial charge in [-0.2, -0.15) is 13.2 Å². The van der Waals surface area contributed by atoms with Crippen molar-refractivity contribution in [1.82, 2.24) is 9.88 Å². The second-order valence-electron chi connectivity index (χ2n) is 4.22. The SMILES string of the molecule is CCCNC(C)c1ccn(CCC(F)(F)F)c1. The Balaban J connectivity index is 2.47. The Labute approximate surface area is 99.8 Å². The van der Waals surface area contributed by atoms with Gasteiger partial charge in [0.2, 0.25) is 0 Å². The van der Waals surface area contributed by atoms with Crippen LogP contribution >= 0.6 is 0 Å². The zero-order valence-corrected chi connectivity index (χ0v) is 10.2. The van der Waals surface area contributed by atoms with Crippen LogP contribution < -0.4 is 5.32 Å². The Hall–Kier alpha value is -0.970. The highest BCUT2D eigenvalue weighted by molar-refractivity contribution is 5.14. The van der Waals surface area contributed by atoms with Crippen LogP contribution in [0.5, 0.6) is 0 Å². The van der Waals surface area contributed by atoms with Gasteiger partial charge in [-0.05, 0) is 31.5 Å². The average molecular weight is 248 g/mol. The molecule has 0 saturated carbocycles. The van der Waals surface area contributed by atoms with Crippen molar-refractivity contribution in [3.8, 4) is 0 Å². The highest BCUT2D eigenvalue weighted by atomic mass is 19.4. The highest BCUT2D eigenvalue weighted by Gasteiger charge is 2.26. The molecule has 0 saturated heterocycles. The van der Waals surface area contributed by atoms with E-state index in [0.717, 1.165) is 18.5 Å². The first kappa shape index (κ1) is 14.1. The summed E-state index contributed by atoms with van der Waals surface area (Å²) in [4.78, 5) is 0. The van der Waals surface area contributed by atoms with E-state index in [4.69, 9.17) is 0 Å². The van der Waals surface area contributed by atoms with Gasteiger partial charge >= 0.3 is 6.18 Å². The third kappa shape index (κ3) is 5.26. The number of rotatable bonds is 6. The van der Waals surface area contributed by atoms with E-state index < -0.39 is 12.6 Å². The maximum atomic E-state index is 12.0. The van der Waals surface area contributed by atoms with Gasteiger partial charge in [-0.3, -0.25) is 0 Å². The molecule has 1 aromatic heterocycles. The molecule has 98 valence electrons. The van der Waals surface area contributed by atoms with Gasteiger partial charge in [0.1, 0.15) is 0 Å². The van der Waals surface area contributed by atoms with Gasteiger partial charge in [-0.15, -0.1) is 0 Å². The summed E-state index contributed by atoms with van der Waals surface area (Å²) >= 11 is 0. The molecule has 1 heterocycles. The van der Waals surface area contributed by atoms with E-state index in [9.17, 15) is 13.2 Å². The molecule has 1 atom stereocenters. The molecule has 1 aromatic rings. The van der Waals surface area contributed by atoms with E-state index in [-0.39, 0.29) is 12.6 Å². The van der Waals surface area contributed by atoms with Gasteiger partial charge < -0.3 is 9.88 Å². The number of halogens is 3. The summed E-state index contributed by atoms with van der Waals surface area (Å²) in [6.07, 6.45) is -0.349. The topological polar surface area (TPSA) is 17.0 Å². The fourth-order valence-electron chi connectivity index (χ4n) is 1.59. The molecule has 2 nitrogen and oxygen atoms in total. The number of nitrogens with zero attached hydrogens (tertiary/aromatic N) is 1. The van der Waals surface area contributed by atoms with Crippen LogP contribution in [0.2, 0.25) is 0 Å². The van der Waals surface area contributed by atoms with Crippen molar-refractivity contribution in [3.05, 3.63) is 24.0 Å². The minimum absolute atomic E-state index is 0.00992. The van der Waals surface area contributed by atoms with Crippen LogP contribution in [0.25, 0.3) is 0 Å². The molecule has 5 heteroatoms. The van der Waals surface area contributed by atoms with Crippen LogP contribution in [0.4, 0.5) is 13.2 Å². The minimum atomic E-state index is -4.09. The first-order valence-corrected chi connectivity index (χ1v) is 5.88. The highest BCUT2D eigenvalue weighted by Crippen LogP contribution is 2.21. The Morgan fingerprint density at radius 3 is 2.71 bits per heavy atom. The van der Waals surface area contributed by atoms with Crippen LogP contribution in [0.3, 0.4) is 0 Å². The Kier molecular flexibility index (Phi) is 5.05. The first-order valence-electron chi connectivity index (χ1n) is 5.88. The average Bonchev–Trinajstić information content (AvgIpc) is 2.70. The van der Waals surface area contributed by atoms with Crippen molar-refractivity contribution in [1.29, 1.82) is 0 Å². The number of nitrogens with one attached hydrogen (secondary N) is 1. The third-order valence-electron chi connectivity index (χ3n) is 2.63. The number of aromatic nitrogens is 1. The monoisotopic (exact) mass is 248 g/mol.